The number of hydrogen-bond donors (Lipinski definition) is 1. The third-order valence-electron chi connectivity index (χ3n) is 3.72. The minimum atomic E-state index is -2.89. The van der Waals surface area contributed by atoms with Crippen LogP contribution in [0, 0.1) is 11.7 Å². The highest BCUT2D eigenvalue weighted by Gasteiger charge is 2.55. The number of halogens is 1. The molecule has 0 radical (unpaired) electrons. The predicted octanol–water partition coefficient (Wildman–Crippen LogP) is 1.44. The molecular weight excluding hydrogens is 375 g/mol. The van der Waals surface area contributed by atoms with Crippen molar-refractivity contribution < 1.29 is 42.9 Å². The van der Waals surface area contributed by atoms with Crippen LogP contribution in [0.4, 0.5) is 4.39 Å². The van der Waals surface area contributed by atoms with E-state index in [2.05, 4.69) is 0 Å². The fraction of sp³-hybridized carbons (Fsp3) is 0.474. The molecule has 1 aromatic rings. The summed E-state index contributed by atoms with van der Waals surface area (Å²) in [4.78, 5) is 49.8. The highest BCUT2D eigenvalue weighted by atomic mass is 19.1. The summed E-state index contributed by atoms with van der Waals surface area (Å²) in [6, 6.07) is 4.34. The smallest absolute Gasteiger partial charge is 0.340 e. The van der Waals surface area contributed by atoms with Gasteiger partial charge in [0, 0.05) is 5.56 Å². The van der Waals surface area contributed by atoms with Gasteiger partial charge in [0.05, 0.1) is 26.2 Å². The van der Waals surface area contributed by atoms with Crippen molar-refractivity contribution in [1.29, 1.82) is 0 Å². The molecule has 1 aromatic carbocycles. The normalized spacial score (nSPS) is 13.8. The Morgan fingerprint density at radius 1 is 1.04 bits per heavy atom. The van der Waals surface area contributed by atoms with Gasteiger partial charge in [0.25, 0.3) is 0 Å². The Bertz CT molecular complexity index is 732. The van der Waals surface area contributed by atoms with E-state index in [1.807, 2.05) is 0 Å². The Labute approximate surface area is 161 Å². The van der Waals surface area contributed by atoms with Crippen molar-refractivity contribution in [2.24, 2.45) is 5.92 Å². The first-order valence-corrected chi connectivity index (χ1v) is 8.72. The van der Waals surface area contributed by atoms with Crippen LogP contribution in [0.5, 0.6) is 0 Å². The van der Waals surface area contributed by atoms with Crippen LogP contribution in [0.15, 0.2) is 24.3 Å². The van der Waals surface area contributed by atoms with Gasteiger partial charge in [-0.3, -0.25) is 14.4 Å². The first-order valence-electron chi connectivity index (χ1n) is 8.72. The summed E-state index contributed by atoms with van der Waals surface area (Å²) in [5.74, 6) is -7.67. The van der Waals surface area contributed by atoms with Gasteiger partial charge in [-0.15, -0.1) is 0 Å². The molecule has 0 fully saturated rings. The molecule has 0 amide bonds. The SMILES string of the molecule is CCOC(=O)CC(O)(C(=O)OCC)C(C(=O)OCC)C(=O)c1cccc(F)c1. The molecule has 154 valence electrons. The zero-order valence-electron chi connectivity index (χ0n) is 15.9. The summed E-state index contributed by atoms with van der Waals surface area (Å²) in [6.45, 7) is 3.99. The van der Waals surface area contributed by atoms with Crippen LogP contribution >= 0.6 is 0 Å². The van der Waals surface area contributed by atoms with E-state index in [1.165, 1.54) is 32.9 Å². The van der Waals surface area contributed by atoms with Crippen LogP contribution in [0.3, 0.4) is 0 Å². The molecule has 9 heteroatoms. The maximum absolute atomic E-state index is 13.5. The first kappa shape index (κ1) is 23.2. The molecule has 8 nitrogen and oxygen atoms in total. The predicted molar refractivity (Wildman–Crippen MR) is 93.7 cm³/mol. The lowest BCUT2D eigenvalue weighted by Gasteiger charge is -2.30. The molecule has 0 aliphatic rings. The Balaban J connectivity index is 3.49. The lowest BCUT2D eigenvalue weighted by atomic mass is 9.79. The minimum absolute atomic E-state index is 0.0559. The van der Waals surface area contributed by atoms with Crippen LogP contribution in [0.2, 0.25) is 0 Å². The number of Topliss-reactive ketones (excluding diaryl/α,β-unsaturated/α-hetero) is 1. The molecule has 1 N–H and O–H groups in total. The van der Waals surface area contributed by atoms with Gasteiger partial charge in [-0.1, -0.05) is 12.1 Å². The zero-order chi connectivity index (χ0) is 21.3. The molecule has 1 rings (SSSR count). The number of esters is 3. The van der Waals surface area contributed by atoms with Gasteiger partial charge < -0.3 is 19.3 Å². The number of hydrogen-bond acceptors (Lipinski definition) is 8. The van der Waals surface area contributed by atoms with E-state index >= 15 is 0 Å². The molecule has 0 aliphatic carbocycles. The topological polar surface area (TPSA) is 116 Å². The van der Waals surface area contributed by atoms with Gasteiger partial charge in [-0.05, 0) is 32.9 Å². The molecule has 2 unspecified atom stereocenters. The van der Waals surface area contributed by atoms with Crippen LogP contribution in [-0.2, 0) is 28.6 Å². The summed E-state index contributed by atoms with van der Waals surface area (Å²) in [5.41, 5.74) is -3.18. The van der Waals surface area contributed by atoms with Crippen molar-refractivity contribution in [3.63, 3.8) is 0 Å². The molecule has 0 heterocycles. The monoisotopic (exact) mass is 398 g/mol. The number of ketones is 1. The summed E-state index contributed by atoms with van der Waals surface area (Å²) < 4.78 is 27.9. The largest absolute Gasteiger partial charge is 0.466 e. The molecule has 28 heavy (non-hydrogen) atoms. The van der Waals surface area contributed by atoms with Crippen LogP contribution in [0.1, 0.15) is 37.6 Å². The third-order valence-corrected chi connectivity index (χ3v) is 3.72. The van der Waals surface area contributed by atoms with E-state index in [1.54, 1.807) is 0 Å². The number of ether oxygens (including phenoxy) is 3. The van der Waals surface area contributed by atoms with Crippen molar-refractivity contribution in [3.05, 3.63) is 35.6 Å². The summed E-state index contributed by atoms with van der Waals surface area (Å²) in [6.07, 6.45) is -1.02. The van der Waals surface area contributed by atoms with E-state index in [-0.39, 0.29) is 25.4 Å². The van der Waals surface area contributed by atoms with Crippen molar-refractivity contribution in [1.82, 2.24) is 0 Å². The third kappa shape index (κ3) is 5.59. The fourth-order valence-electron chi connectivity index (χ4n) is 2.53. The maximum Gasteiger partial charge on any atom is 0.340 e. The number of benzene rings is 1. The van der Waals surface area contributed by atoms with Gasteiger partial charge in [-0.25, -0.2) is 9.18 Å². The van der Waals surface area contributed by atoms with E-state index < -0.39 is 47.4 Å². The number of rotatable bonds is 10. The lowest BCUT2D eigenvalue weighted by molar-refractivity contribution is -0.182. The Morgan fingerprint density at radius 3 is 2.18 bits per heavy atom. The zero-order valence-corrected chi connectivity index (χ0v) is 15.9. The van der Waals surface area contributed by atoms with Gasteiger partial charge >= 0.3 is 17.9 Å². The van der Waals surface area contributed by atoms with E-state index in [0.717, 1.165) is 12.1 Å². The number of carbonyl (C=O) groups is 4. The van der Waals surface area contributed by atoms with Crippen LogP contribution in [0.25, 0.3) is 0 Å². The summed E-state index contributed by atoms with van der Waals surface area (Å²) >= 11 is 0. The second-order valence-corrected chi connectivity index (χ2v) is 5.69. The number of carbonyl (C=O) groups excluding carboxylic acids is 4. The highest BCUT2D eigenvalue weighted by Crippen LogP contribution is 2.29. The Kier molecular flexibility index (Phi) is 8.72. The molecule has 0 aromatic heterocycles. The van der Waals surface area contributed by atoms with Crippen molar-refractivity contribution in [2.75, 3.05) is 19.8 Å². The van der Waals surface area contributed by atoms with Gasteiger partial charge in [0.1, 0.15) is 5.82 Å². The van der Waals surface area contributed by atoms with Crippen molar-refractivity contribution >= 4 is 23.7 Å². The molecule has 0 spiro atoms. The van der Waals surface area contributed by atoms with Crippen LogP contribution < -0.4 is 0 Å². The molecule has 0 aliphatic heterocycles. The maximum atomic E-state index is 13.5. The molecular formula is C19H23FO8. The molecule has 0 saturated heterocycles. The summed E-state index contributed by atoms with van der Waals surface area (Å²) in [5, 5.41) is 11.0. The second kappa shape index (κ2) is 10.5. The quantitative estimate of drug-likeness (QED) is 0.272. The van der Waals surface area contributed by atoms with Gasteiger partial charge in [0.15, 0.2) is 17.3 Å². The molecule has 0 bridgehead atoms. The average molecular weight is 398 g/mol. The Morgan fingerprint density at radius 2 is 1.64 bits per heavy atom. The van der Waals surface area contributed by atoms with Crippen molar-refractivity contribution in [3.8, 4) is 0 Å². The first-order chi connectivity index (χ1) is 13.2. The highest BCUT2D eigenvalue weighted by molar-refractivity contribution is 6.13. The standard InChI is InChI=1S/C19H23FO8/c1-4-26-14(21)11-19(25,18(24)28-6-3)15(17(23)27-5-2)16(22)12-8-7-9-13(20)10-12/h7-10,15,25H,4-6,11H2,1-3H3. The minimum Gasteiger partial charge on any atom is -0.466 e. The van der Waals surface area contributed by atoms with E-state index in [0.29, 0.717) is 0 Å². The molecule has 2 atom stereocenters. The van der Waals surface area contributed by atoms with Gasteiger partial charge in [-0.2, -0.15) is 0 Å². The lowest BCUT2D eigenvalue weighted by Crippen LogP contribution is -2.55. The van der Waals surface area contributed by atoms with E-state index in [9.17, 15) is 28.7 Å². The molecule has 0 saturated carbocycles. The summed E-state index contributed by atoms with van der Waals surface area (Å²) in [7, 11) is 0. The van der Waals surface area contributed by atoms with Crippen molar-refractivity contribution in [2.45, 2.75) is 32.8 Å². The van der Waals surface area contributed by atoms with Gasteiger partial charge in [0.2, 0.25) is 0 Å². The Hall–Kier alpha value is -2.81. The number of aliphatic hydroxyl groups is 1. The van der Waals surface area contributed by atoms with Crippen LogP contribution in [-0.4, -0.2) is 54.2 Å². The van der Waals surface area contributed by atoms with E-state index in [4.69, 9.17) is 14.2 Å². The average Bonchev–Trinajstić information content (AvgIpc) is 2.62. The fourth-order valence-corrected chi connectivity index (χ4v) is 2.53. The second-order valence-electron chi connectivity index (χ2n) is 5.69.